The zero-order valence-electron chi connectivity index (χ0n) is 8.00. The van der Waals surface area contributed by atoms with E-state index in [0.717, 1.165) is 0 Å². The summed E-state index contributed by atoms with van der Waals surface area (Å²) in [7, 11) is 0. The number of aromatic nitrogens is 2. The van der Waals surface area contributed by atoms with Crippen molar-refractivity contribution in [1.29, 1.82) is 0 Å². The molecule has 1 aromatic carbocycles. The maximum absolute atomic E-state index is 10.7. The Morgan fingerprint density at radius 2 is 2.25 bits per heavy atom. The van der Waals surface area contributed by atoms with E-state index in [9.17, 15) is 10.1 Å². The van der Waals surface area contributed by atoms with Crippen molar-refractivity contribution < 1.29 is 4.92 Å². The molecule has 0 aliphatic heterocycles. The molecule has 0 atom stereocenters. The lowest BCUT2D eigenvalue weighted by Crippen LogP contribution is -2.01. The smallest absolute Gasteiger partial charge is 0.293 e. The number of nitro groups is 1. The molecular formula is C9H7BrN4O2. The van der Waals surface area contributed by atoms with Crippen LogP contribution in [0.25, 0.3) is 5.69 Å². The van der Waals surface area contributed by atoms with Crippen molar-refractivity contribution in [2.75, 3.05) is 5.73 Å². The first-order valence-electron chi connectivity index (χ1n) is 4.33. The summed E-state index contributed by atoms with van der Waals surface area (Å²) in [6.45, 7) is 0. The Morgan fingerprint density at radius 1 is 1.50 bits per heavy atom. The first kappa shape index (κ1) is 10.6. The third-order valence-corrected chi connectivity index (χ3v) is 2.68. The molecule has 7 heteroatoms. The summed E-state index contributed by atoms with van der Waals surface area (Å²) in [5.74, 6) is 0. The molecule has 0 saturated carbocycles. The van der Waals surface area contributed by atoms with Gasteiger partial charge in [0, 0.05) is 18.5 Å². The highest BCUT2D eigenvalue weighted by Crippen LogP contribution is 2.31. The van der Waals surface area contributed by atoms with Crippen LogP contribution >= 0.6 is 15.9 Å². The molecule has 2 rings (SSSR count). The molecule has 0 amide bonds. The van der Waals surface area contributed by atoms with Crippen LogP contribution in [0.4, 0.5) is 11.4 Å². The van der Waals surface area contributed by atoms with E-state index in [-0.39, 0.29) is 11.4 Å². The van der Waals surface area contributed by atoms with E-state index in [1.54, 1.807) is 23.1 Å². The van der Waals surface area contributed by atoms with Gasteiger partial charge in [-0.15, -0.1) is 0 Å². The molecule has 0 bridgehead atoms. The van der Waals surface area contributed by atoms with Gasteiger partial charge >= 0.3 is 0 Å². The lowest BCUT2D eigenvalue weighted by Gasteiger charge is -2.06. The van der Waals surface area contributed by atoms with Crippen molar-refractivity contribution in [2.45, 2.75) is 0 Å². The number of benzene rings is 1. The fourth-order valence-electron chi connectivity index (χ4n) is 1.31. The predicted octanol–water partition coefficient (Wildman–Crippen LogP) is 2.13. The lowest BCUT2D eigenvalue weighted by atomic mass is 10.2. The van der Waals surface area contributed by atoms with Crippen molar-refractivity contribution >= 4 is 27.3 Å². The van der Waals surface area contributed by atoms with E-state index >= 15 is 0 Å². The molecule has 16 heavy (non-hydrogen) atoms. The van der Waals surface area contributed by atoms with Gasteiger partial charge in [-0.3, -0.25) is 10.1 Å². The van der Waals surface area contributed by atoms with Gasteiger partial charge in [-0.05, 0) is 28.1 Å². The van der Waals surface area contributed by atoms with Crippen LogP contribution < -0.4 is 5.73 Å². The first-order chi connectivity index (χ1) is 7.59. The summed E-state index contributed by atoms with van der Waals surface area (Å²) in [4.78, 5) is 10.1. The van der Waals surface area contributed by atoms with E-state index in [0.29, 0.717) is 10.2 Å². The van der Waals surface area contributed by atoms with Gasteiger partial charge in [0.15, 0.2) is 0 Å². The molecular weight excluding hydrogens is 276 g/mol. The normalized spacial score (nSPS) is 10.3. The van der Waals surface area contributed by atoms with E-state index in [4.69, 9.17) is 5.73 Å². The monoisotopic (exact) mass is 282 g/mol. The summed E-state index contributed by atoms with van der Waals surface area (Å²) in [5, 5.41) is 14.7. The second-order valence-corrected chi connectivity index (χ2v) is 3.92. The van der Waals surface area contributed by atoms with Crippen molar-refractivity contribution in [2.24, 2.45) is 0 Å². The molecule has 0 radical (unpaired) electrons. The SMILES string of the molecule is Nc1cc(-n2cccn2)c(Br)cc1[N+](=O)[O-]. The number of rotatable bonds is 2. The molecule has 0 unspecified atom stereocenters. The van der Waals surface area contributed by atoms with E-state index in [1.165, 1.54) is 12.1 Å². The zero-order chi connectivity index (χ0) is 11.7. The summed E-state index contributed by atoms with van der Waals surface area (Å²) in [6.07, 6.45) is 3.34. The van der Waals surface area contributed by atoms with E-state index < -0.39 is 4.92 Å². The average Bonchev–Trinajstić information content (AvgIpc) is 2.73. The van der Waals surface area contributed by atoms with Crippen molar-refractivity contribution in [3.8, 4) is 5.69 Å². The predicted molar refractivity (Wildman–Crippen MR) is 62.3 cm³/mol. The van der Waals surface area contributed by atoms with Gasteiger partial charge in [0.05, 0.1) is 15.1 Å². The highest BCUT2D eigenvalue weighted by molar-refractivity contribution is 9.10. The van der Waals surface area contributed by atoms with Crippen LogP contribution in [0.2, 0.25) is 0 Å². The minimum absolute atomic E-state index is 0.110. The number of nitrogen functional groups attached to an aromatic ring is 1. The second-order valence-electron chi connectivity index (χ2n) is 3.07. The molecule has 2 N–H and O–H groups in total. The molecule has 1 heterocycles. The number of nitrogens with zero attached hydrogens (tertiary/aromatic N) is 3. The molecule has 0 aliphatic rings. The number of nitrogens with two attached hydrogens (primary N) is 1. The Hall–Kier alpha value is -1.89. The van der Waals surface area contributed by atoms with Crippen LogP contribution in [0.3, 0.4) is 0 Å². The number of halogens is 1. The van der Waals surface area contributed by atoms with E-state index in [1.807, 2.05) is 0 Å². The maximum Gasteiger partial charge on any atom is 0.293 e. The van der Waals surface area contributed by atoms with Gasteiger partial charge in [0.1, 0.15) is 5.69 Å². The standard InChI is InChI=1S/C9H7BrN4O2/c10-6-4-9(14(15)16)7(11)5-8(6)13-3-1-2-12-13/h1-5H,11H2. The quantitative estimate of drug-likeness (QED) is 0.519. The summed E-state index contributed by atoms with van der Waals surface area (Å²) < 4.78 is 2.14. The van der Waals surface area contributed by atoms with Gasteiger partial charge in [-0.2, -0.15) is 5.10 Å². The number of hydrogen-bond donors (Lipinski definition) is 1. The third-order valence-electron chi connectivity index (χ3n) is 2.04. The number of anilines is 1. The van der Waals surface area contributed by atoms with Crippen LogP contribution in [0.5, 0.6) is 0 Å². The molecule has 1 aromatic heterocycles. The molecule has 82 valence electrons. The van der Waals surface area contributed by atoms with Crippen molar-refractivity contribution in [1.82, 2.24) is 9.78 Å². The fraction of sp³-hybridized carbons (Fsp3) is 0. The number of nitro benzene ring substituents is 1. The minimum Gasteiger partial charge on any atom is -0.393 e. The Kier molecular flexibility index (Phi) is 2.61. The molecule has 6 nitrogen and oxygen atoms in total. The second kappa shape index (κ2) is 3.93. The highest BCUT2D eigenvalue weighted by Gasteiger charge is 2.15. The topological polar surface area (TPSA) is 87.0 Å². The first-order valence-corrected chi connectivity index (χ1v) is 5.12. The summed E-state index contributed by atoms with van der Waals surface area (Å²) in [6, 6.07) is 4.63. The lowest BCUT2D eigenvalue weighted by molar-refractivity contribution is -0.384. The highest BCUT2D eigenvalue weighted by atomic mass is 79.9. The van der Waals surface area contributed by atoms with Crippen molar-refractivity contribution in [3.05, 3.63) is 45.2 Å². The van der Waals surface area contributed by atoms with Gasteiger partial charge in [-0.1, -0.05) is 0 Å². The van der Waals surface area contributed by atoms with Crippen LogP contribution in [0, 0.1) is 10.1 Å². The summed E-state index contributed by atoms with van der Waals surface area (Å²) in [5.41, 5.74) is 6.24. The van der Waals surface area contributed by atoms with E-state index in [2.05, 4.69) is 21.0 Å². The summed E-state index contributed by atoms with van der Waals surface area (Å²) >= 11 is 3.25. The molecule has 0 saturated heterocycles. The average molecular weight is 283 g/mol. The van der Waals surface area contributed by atoms with Crippen molar-refractivity contribution in [3.63, 3.8) is 0 Å². The number of hydrogen-bond acceptors (Lipinski definition) is 4. The Labute approximate surface area is 99.0 Å². The molecule has 0 aliphatic carbocycles. The van der Waals surface area contributed by atoms with Gasteiger partial charge in [0.2, 0.25) is 0 Å². The largest absolute Gasteiger partial charge is 0.393 e. The Morgan fingerprint density at radius 3 is 2.81 bits per heavy atom. The molecule has 2 aromatic rings. The fourth-order valence-corrected chi connectivity index (χ4v) is 1.83. The maximum atomic E-state index is 10.7. The minimum atomic E-state index is -0.521. The third kappa shape index (κ3) is 1.76. The Bertz CT molecular complexity index is 539. The molecule has 0 spiro atoms. The van der Waals surface area contributed by atoms with Gasteiger partial charge in [0.25, 0.3) is 5.69 Å². The van der Waals surface area contributed by atoms with Crippen LogP contribution in [-0.2, 0) is 0 Å². The van der Waals surface area contributed by atoms with Gasteiger partial charge in [-0.25, -0.2) is 4.68 Å². The van der Waals surface area contributed by atoms with Gasteiger partial charge < -0.3 is 5.73 Å². The zero-order valence-corrected chi connectivity index (χ0v) is 9.59. The van der Waals surface area contributed by atoms with Crippen LogP contribution in [0.1, 0.15) is 0 Å². The molecule has 0 fully saturated rings. The Balaban J connectivity index is 2.59. The van der Waals surface area contributed by atoms with Crippen LogP contribution in [-0.4, -0.2) is 14.7 Å². The van der Waals surface area contributed by atoms with Crippen LogP contribution in [0.15, 0.2) is 35.1 Å².